The lowest BCUT2D eigenvalue weighted by atomic mass is 9.76. The van der Waals surface area contributed by atoms with Crippen LogP contribution in [0.5, 0.6) is 0 Å². The van der Waals surface area contributed by atoms with Gasteiger partial charge in [-0.2, -0.15) is 9.84 Å². The van der Waals surface area contributed by atoms with E-state index in [9.17, 15) is 20.0 Å². The van der Waals surface area contributed by atoms with Crippen molar-refractivity contribution in [2.24, 2.45) is 0 Å². The molecule has 3 aliphatic rings. The van der Waals surface area contributed by atoms with E-state index in [4.69, 9.17) is 4.74 Å². The number of carbonyl (C=O) groups excluding carboxylic acids is 2. The number of likely N-dealkylation sites (N-methyl/N-ethyl adjacent to an activating group) is 1. The van der Waals surface area contributed by atoms with Gasteiger partial charge in [0.1, 0.15) is 23.8 Å². The fourth-order valence-corrected chi connectivity index (χ4v) is 9.18. The molecule has 0 bridgehead atoms. The van der Waals surface area contributed by atoms with Crippen LogP contribution in [-0.2, 0) is 25.2 Å². The molecule has 0 unspecified atom stereocenters. The van der Waals surface area contributed by atoms with Crippen LogP contribution in [0, 0.1) is 11.3 Å². The third-order valence-corrected chi connectivity index (χ3v) is 12.3. The van der Waals surface area contributed by atoms with Crippen LogP contribution in [0.15, 0.2) is 94.9 Å². The summed E-state index contributed by atoms with van der Waals surface area (Å²) in [5.41, 5.74) is 5.51. The molecule has 7 nitrogen and oxygen atoms in total. The lowest BCUT2D eigenvalue weighted by Crippen LogP contribution is -2.35. The smallest absolute Gasteiger partial charge is 0.349 e. The first kappa shape index (κ1) is 43.4. The molecule has 0 saturated carbocycles. The van der Waals surface area contributed by atoms with E-state index in [0.717, 1.165) is 47.7 Å². The van der Waals surface area contributed by atoms with Gasteiger partial charge in [-0.05, 0) is 100 Å². The van der Waals surface area contributed by atoms with Crippen LogP contribution < -0.4 is 10.0 Å². The molecule has 0 radical (unpaired) electrons. The first-order valence-electron chi connectivity index (χ1n) is 21.9. The van der Waals surface area contributed by atoms with Gasteiger partial charge in [-0.1, -0.05) is 108 Å². The first-order chi connectivity index (χ1) is 28.0. The molecule has 59 heavy (non-hydrogen) atoms. The minimum Gasteiger partial charge on any atom is -0.871 e. The predicted octanol–water partition coefficient (Wildman–Crippen LogP) is 11.2. The maximum absolute atomic E-state index is 14.1. The second-order valence-corrected chi connectivity index (χ2v) is 18.5. The summed E-state index contributed by atoms with van der Waals surface area (Å²) in [6.07, 6.45) is 17.8. The number of esters is 1. The molecule has 0 aromatic heterocycles. The summed E-state index contributed by atoms with van der Waals surface area (Å²) in [5, 5.41) is 26.3. The van der Waals surface area contributed by atoms with Crippen molar-refractivity contribution in [2.75, 3.05) is 18.0 Å². The highest BCUT2D eigenvalue weighted by atomic mass is 16.6. The summed E-state index contributed by atoms with van der Waals surface area (Å²) in [6, 6.07) is 20.7. The van der Waals surface area contributed by atoms with Gasteiger partial charge >= 0.3 is 5.97 Å². The zero-order chi connectivity index (χ0) is 42.7. The molecular formula is C52H63N3O4. The number of benzene rings is 3. The van der Waals surface area contributed by atoms with Crippen LogP contribution in [-0.4, -0.2) is 40.7 Å². The zero-order valence-electron chi connectivity index (χ0n) is 36.9. The minimum atomic E-state index is -0.727. The SMILES string of the molecule is CCCCCCCCCCCC[N+]1=C(/C=C2/C(=O)C(/C=C3/N(CC)c4ccc(/C=C(\C#N)C(=O)OC(C)(C)C)cc4C3(C)C)=C2[O-])C(C)(C)c2c1ccc1ccccc21. The molecule has 3 aromatic rings. The summed E-state index contributed by atoms with van der Waals surface area (Å²) in [4.78, 5) is 29.0. The number of rotatable bonds is 16. The molecule has 1 aliphatic carbocycles. The van der Waals surface area contributed by atoms with Crippen LogP contribution >= 0.6 is 0 Å². The van der Waals surface area contributed by atoms with Gasteiger partial charge in [0, 0.05) is 58.6 Å². The average molecular weight is 794 g/mol. The lowest BCUT2D eigenvalue weighted by Gasteiger charge is -2.32. The second-order valence-electron chi connectivity index (χ2n) is 18.5. The fourth-order valence-electron chi connectivity index (χ4n) is 9.18. The molecule has 0 fully saturated rings. The molecule has 0 saturated heterocycles. The van der Waals surface area contributed by atoms with Crippen molar-refractivity contribution < 1.29 is 24.0 Å². The van der Waals surface area contributed by atoms with Gasteiger partial charge < -0.3 is 14.7 Å². The number of carbonyl (C=O) groups is 2. The zero-order valence-corrected chi connectivity index (χ0v) is 36.9. The molecule has 2 aliphatic heterocycles. The topological polar surface area (TPSA) is 96.5 Å². The molecule has 2 heterocycles. The van der Waals surface area contributed by atoms with E-state index in [1.165, 1.54) is 67.7 Å². The number of ketones is 1. The Morgan fingerprint density at radius 3 is 2.17 bits per heavy atom. The standard InChI is InChI=1S/C52H63N3O4/c1-10-12-13-14-15-16-17-18-19-22-29-55-43-28-26-36-23-20-21-24-38(36)46(43)52(8,9)45(55)33-40-47(56)39(48(40)57)32-44-51(6,7)41-31-35(25-27-42(41)54(44)11-2)30-37(34-53)49(58)59-50(3,4)5/h20-21,23-28,30-33H,10-19,22,29H2,1-9H3/b37-30+. The normalized spacial score (nSPS) is 18.5. The summed E-state index contributed by atoms with van der Waals surface area (Å²) in [7, 11) is 0. The van der Waals surface area contributed by atoms with Crippen molar-refractivity contribution in [3.8, 4) is 6.07 Å². The number of ether oxygens (including phenoxy) is 1. The molecule has 0 N–H and O–H groups in total. The first-order valence-corrected chi connectivity index (χ1v) is 21.9. The molecule has 0 atom stereocenters. The Hall–Kier alpha value is -5.22. The van der Waals surface area contributed by atoms with E-state index < -0.39 is 22.4 Å². The Balaban J connectivity index is 1.30. The molecule has 6 rings (SSSR count). The number of nitrogens with zero attached hydrogens (tertiary/aromatic N) is 3. The molecular weight excluding hydrogens is 731 g/mol. The number of unbranched alkanes of at least 4 members (excludes halogenated alkanes) is 9. The van der Waals surface area contributed by atoms with Gasteiger partial charge in [-0.15, -0.1) is 0 Å². The van der Waals surface area contributed by atoms with Crippen molar-refractivity contribution in [3.05, 3.63) is 112 Å². The monoisotopic (exact) mass is 793 g/mol. The van der Waals surface area contributed by atoms with Crippen LogP contribution in [0.1, 0.15) is 143 Å². The molecule has 3 aromatic carbocycles. The average Bonchev–Trinajstić information content (AvgIpc) is 3.55. The highest BCUT2D eigenvalue weighted by Gasteiger charge is 2.47. The van der Waals surface area contributed by atoms with E-state index >= 15 is 0 Å². The van der Waals surface area contributed by atoms with Gasteiger partial charge in [0.15, 0.2) is 11.5 Å². The van der Waals surface area contributed by atoms with Crippen molar-refractivity contribution in [1.82, 2.24) is 0 Å². The summed E-state index contributed by atoms with van der Waals surface area (Å²) in [6.45, 7) is 19.7. The third-order valence-electron chi connectivity index (χ3n) is 12.3. The minimum absolute atomic E-state index is 0.0824. The quantitative estimate of drug-likeness (QED) is 0.0471. The fraction of sp³-hybridized carbons (Fsp3) is 0.462. The Labute approximate surface area is 352 Å². The van der Waals surface area contributed by atoms with Gasteiger partial charge in [-0.3, -0.25) is 4.79 Å². The van der Waals surface area contributed by atoms with Gasteiger partial charge in [0.05, 0.1) is 5.41 Å². The number of Topliss-reactive ketones (excluding diaryl/α,β-unsaturated/α-hetero) is 1. The molecule has 310 valence electrons. The van der Waals surface area contributed by atoms with E-state index in [1.807, 2.05) is 37.3 Å². The van der Waals surface area contributed by atoms with Crippen LogP contribution in [0.25, 0.3) is 16.8 Å². The van der Waals surface area contributed by atoms with Gasteiger partial charge in [0.25, 0.3) is 0 Å². The van der Waals surface area contributed by atoms with E-state index in [1.54, 1.807) is 32.9 Å². The Morgan fingerprint density at radius 1 is 0.881 bits per heavy atom. The maximum atomic E-state index is 14.1. The predicted molar refractivity (Wildman–Crippen MR) is 239 cm³/mol. The van der Waals surface area contributed by atoms with Crippen molar-refractivity contribution >= 4 is 45.7 Å². The highest BCUT2D eigenvalue weighted by molar-refractivity contribution is 6.24. The highest BCUT2D eigenvalue weighted by Crippen LogP contribution is 2.50. The van der Waals surface area contributed by atoms with Crippen molar-refractivity contribution in [3.63, 3.8) is 0 Å². The third kappa shape index (κ3) is 8.74. The number of hydrogen-bond donors (Lipinski definition) is 0. The summed E-state index contributed by atoms with van der Waals surface area (Å²) in [5.74, 6) is -1.13. The Morgan fingerprint density at radius 2 is 1.54 bits per heavy atom. The number of nitriles is 1. The number of anilines is 1. The second kappa shape index (κ2) is 17.6. The largest absolute Gasteiger partial charge is 0.871 e. The number of allylic oxidation sites excluding steroid dienone is 5. The summed E-state index contributed by atoms with van der Waals surface area (Å²) < 4.78 is 7.83. The van der Waals surface area contributed by atoms with Crippen LogP contribution in [0.3, 0.4) is 0 Å². The van der Waals surface area contributed by atoms with Crippen LogP contribution in [0.4, 0.5) is 11.4 Å². The van der Waals surface area contributed by atoms with Crippen molar-refractivity contribution in [1.29, 1.82) is 5.26 Å². The van der Waals surface area contributed by atoms with E-state index in [2.05, 4.69) is 80.5 Å². The van der Waals surface area contributed by atoms with Gasteiger partial charge in [-0.25, -0.2) is 4.79 Å². The molecule has 0 amide bonds. The lowest BCUT2D eigenvalue weighted by molar-refractivity contribution is -0.438. The Bertz CT molecular complexity index is 2340. The molecule has 0 spiro atoms. The van der Waals surface area contributed by atoms with Gasteiger partial charge in [0.2, 0.25) is 5.69 Å². The summed E-state index contributed by atoms with van der Waals surface area (Å²) >= 11 is 0. The number of hydrogen-bond acceptors (Lipinski definition) is 6. The number of fused-ring (bicyclic) bond motifs is 4. The maximum Gasteiger partial charge on any atom is 0.349 e. The molecule has 7 heteroatoms. The van der Waals surface area contributed by atoms with Crippen LogP contribution in [0.2, 0.25) is 0 Å². The van der Waals surface area contributed by atoms with Crippen molar-refractivity contribution in [2.45, 2.75) is 143 Å². The van der Waals surface area contributed by atoms with E-state index in [0.29, 0.717) is 12.1 Å². The Kier molecular flexibility index (Phi) is 12.9. The van der Waals surface area contributed by atoms with E-state index in [-0.39, 0.29) is 28.3 Å².